The Morgan fingerprint density at radius 3 is 2.34 bits per heavy atom. The highest BCUT2D eigenvalue weighted by molar-refractivity contribution is 14.1. The number of carbonyl (C=O) groups is 2. The number of amides is 1. The van der Waals surface area contributed by atoms with E-state index in [1.54, 1.807) is 42.5 Å². The topological polar surface area (TPSA) is 57.6 Å². The smallest absolute Gasteiger partial charge is 0.264 e. The third kappa shape index (κ3) is 3.82. The van der Waals surface area contributed by atoms with Crippen LogP contribution >= 0.6 is 34.2 Å². The molecule has 0 radical (unpaired) electrons. The molecule has 0 aliphatic carbocycles. The molecule has 0 unspecified atom stereocenters. The van der Waals surface area contributed by atoms with Gasteiger partial charge in [-0.25, -0.2) is 0 Å². The Kier molecular flexibility index (Phi) is 5.46. The largest absolute Gasteiger partial charge is 0.375 e. The number of hydrogen-bond donors (Lipinski definition) is 1. The molecule has 1 aliphatic rings. The van der Waals surface area contributed by atoms with Crippen LogP contribution in [0.15, 0.2) is 72.8 Å². The molecular weight excluding hydrogens is 501 g/mol. The van der Waals surface area contributed by atoms with Crippen LogP contribution in [0.4, 0.5) is 5.69 Å². The fraction of sp³-hybridized carbons (Fsp3) is 0.130. The molecule has 0 fully saturated rings. The van der Waals surface area contributed by atoms with Crippen molar-refractivity contribution >= 4 is 51.6 Å². The molecule has 0 bridgehead atoms. The van der Waals surface area contributed by atoms with E-state index in [1.165, 1.54) is 4.90 Å². The van der Waals surface area contributed by atoms with E-state index in [0.29, 0.717) is 21.8 Å². The standard InChI is InChI=1S/C23H17ClINO3/c24-17-9-5-15(6-10-17)14-26-20-4-2-1-3-19(20)23(29,22(26)28)13-21(27)16-7-11-18(25)12-8-16/h1-12,29H,13-14H2/t23-/m0/s1. The quantitative estimate of drug-likeness (QED) is 0.385. The van der Waals surface area contributed by atoms with Gasteiger partial charge in [-0.3, -0.25) is 9.59 Å². The summed E-state index contributed by atoms with van der Waals surface area (Å²) in [6.07, 6.45) is -0.305. The third-order valence-electron chi connectivity index (χ3n) is 5.08. The number of carbonyl (C=O) groups excluding carboxylic acids is 2. The van der Waals surface area contributed by atoms with Crippen molar-refractivity contribution in [3.8, 4) is 0 Å². The van der Waals surface area contributed by atoms with Crippen molar-refractivity contribution in [3.05, 3.63) is 98.1 Å². The van der Waals surface area contributed by atoms with E-state index in [1.807, 2.05) is 30.3 Å². The maximum atomic E-state index is 13.3. The molecule has 1 atom stereocenters. The van der Waals surface area contributed by atoms with Crippen LogP contribution in [0.1, 0.15) is 27.9 Å². The van der Waals surface area contributed by atoms with Crippen LogP contribution in [0.25, 0.3) is 0 Å². The van der Waals surface area contributed by atoms with Gasteiger partial charge in [-0.15, -0.1) is 0 Å². The van der Waals surface area contributed by atoms with Gasteiger partial charge in [0.15, 0.2) is 11.4 Å². The molecule has 4 nitrogen and oxygen atoms in total. The summed E-state index contributed by atoms with van der Waals surface area (Å²) in [5.41, 5.74) is 0.539. The summed E-state index contributed by atoms with van der Waals surface area (Å²) in [7, 11) is 0. The third-order valence-corrected chi connectivity index (χ3v) is 6.05. The minimum atomic E-state index is -1.89. The molecule has 0 saturated carbocycles. The van der Waals surface area contributed by atoms with Gasteiger partial charge in [-0.2, -0.15) is 0 Å². The summed E-state index contributed by atoms with van der Waals surface area (Å²) < 4.78 is 1.01. The Bertz CT molecular complexity index is 1080. The van der Waals surface area contributed by atoms with Crippen molar-refractivity contribution in [3.63, 3.8) is 0 Å². The number of ketones is 1. The van der Waals surface area contributed by atoms with Crippen LogP contribution in [0.2, 0.25) is 5.02 Å². The molecule has 1 heterocycles. The van der Waals surface area contributed by atoms with Crippen molar-refractivity contribution in [2.45, 2.75) is 18.6 Å². The van der Waals surface area contributed by atoms with Crippen molar-refractivity contribution in [1.82, 2.24) is 0 Å². The number of para-hydroxylation sites is 1. The predicted octanol–water partition coefficient (Wildman–Crippen LogP) is 4.95. The van der Waals surface area contributed by atoms with Gasteiger partial charge in [0.1, 0.15) is 0 Å². The normalized spacial score (nSPS) is 18.0. The Morgan fingerprint density at radius 1 is 1.00 bits per heavy atom. The lowest BCUT2D eigenvalue weighted by Gasteiger charge is -2.23. The number of anilines is 1. The molecule has 0 spiro atoms. The molecule has 29 heavy (non-hydrogen) atoms. The number of aliphatic hydroxyl groups is 1. The molecule has 1 aliphatic heterocycles. The number of Topliss-reactive ketones (excluding diaryl/α,β-unsaturated/α-hetero) is 1. The first kappa shape index (κ1) is 20.1. The van der Waals surface area contributed by atoms with E-state index in [4.69, 9.17) is 11.6 Å². The Balaban J connectivity index is 1.66. The van der Waals surface area contributed by atoms with Crippen molar-refractivity contribution < 1.29 is 14.7 Å². The van der Waals surface area contributed by atoms with Gasteiger partial charge in [0.2, 0.25) is 0 Å². The Hall–Kier alpha value is -2.22. The van der Waals surface area contributed by atoms with Crippen molar-refractivity contribution in [2.75, 3.05) is 4.90 Å². The summed E-state index contributed by atoms with van der Waals surface area (Å²) in [5.74, 6) is -0.770. The second-order valence-corrected chi connectivity index (χ2v) is 8.68. The lowest BCUT2D eigenvalue weighted by molar-refractivity contribution is -0.136. The highest BCUT2D eigenvalue weighted by Gasteiger charge is 2.50. The van der Waals surface area contributed by atoms with Gasteiger partial charge in [0.05, 0.1) is 18.7 Å². The van der Waals surface area contributed by atoms with E-state index in [9.17, 15) is 14.7 Å². The molecule has 6 heteroatoms. The number of fused-ring (bicyclic) bond motifs is 1. The van der Waals surface area contributed by atoms with Crippen LogP contribution < -0.4 is 4.90 Å². The second kappa shape index (κ2) is 7.89. The van der Waals surface area contributed by atoms with Crippen LogP contribution in [-0.4, -0.2) is 16.8 Å². The number of rotatable bonds is 5. The highest BCUT2D eigenvalue weighted by atomic mass is 127. The van der Waals surface area contributed by atoms with E-state index in [-0.39, 0.29) is 18.7 Å². The highest BCUT2D eigenvalue weighted by Crippen LogP contribution is 2.43. The molecule has 3 aromatic carbocycles. The maximum absolute atomic E-state index is 13.3. The number of nitrogens with zero attached hydrogens (tertiary/aromatic N) is 1. The predicted molar refractivity (Wildman–Crippen MR) is 121 cm³/mol. The monoisotopic (exact) mass is 517 g/mol. The first-order valence-electron chi connectivity index (χ1n) is 9.05. The lowest BCUT2D eigenvalue weighted by atomic mass is 9.88. The second-order valence-electron chi connectivity index (χ2n) is 7.00. The van der Waals surface area contributed by atoms with Gasteiger partial charge in [-0.05, 0) is 58.5 Å². The zero-order valence-corrected chi connectivity index (χ0v) is 18.2. The average molecular weight is 518 g/mol. The van der Waals surface area contributed by atoms with Crippen LogP contribution in [-0.2, 0) is 16.9 Å². The zero-order valence-electron chi connectivity index (χ0n) is 15.3. The summed E-state index contributed by atoms with van der Waals surface area (Å²) in [6.45, 7) is 0.285. The maximum Gasteiger partial charge on any atom is 0.264 e. The van der Waals surface area contributed by atoms with Crippen molar-refractivity contribution in [2.24, 2.45) is 0 Å². The minimum absolute atomic E-state index is 0.277. The Morgan fingerprint density at radius 2 is 1.66 bits per heavy atom. The fourth-order valence-corrected chi connectivity index (χ4v) is 4.06. The molecule has 0 saturated heterocycles. The van der Waals surface area contributed by atoms with Crippen LogP contribution in [0.3, 0.4) is 0 Å². The lowest BCUT2D eigenvalue weighted by Crippen LogP contribution is -2.41. The minimum Gasteiger partial charge on any atom is -0.375 e. The SMILES string of the molecule is O=C(C[C@@]1(O)C(=O)N(Cc2ccc(Cl)cc2)c2ccccc21)c1ccc(I)cc1. The summed E-state index contributed by atoms with van der Waals surface area (Å²) >= 11 is 8.11. The zero-order chi connectivity index (χ0) is 20.6. The Labute approximate surface area is 187 Å². The van der Waals surface area contributed by atoms with E-state index in [2.05, 4.69) is 22.6 Å². The molecule has 3 aromatic rings. The number of hydrogen-bond acceptors (Lipinski definition) is 3. The first-order chi connectivity index (χ1) is 13.9. The van der Waals surface area contributed by atoms with Gasteiger partial charge in [0.25, 0.3) is 5.91 Å². The molecule has 0 aromatic heterocycles. The van der Waals surface area contributed by atoms with Gasteiger partial charge in [-0.1, -0.05) is 54.1 Å². The molecular formula is C23H17ClINO3. The van der Waals surface area contributed by atoms with E-state index < -0.39 is 11.5 Å². The molecule has 1 amide bonds. The van der Waals surface area contributed by atoms with Gasteiger partial charge in [0, 0.05) is 19.7 Å². The number of halogens is 2. The molecule has 1 N–H and O–H groups in total. The van der Waals surface area contributed by atoms with Gasteiger partial charge >= 0.3 is 0 Å². The summed E-state index contributed by atoms with van der Waals surface area (Å²) in [4.78, 5) is 27.6. The van der Waals surface area contributed by atoms with E-state index in [0.717, 1.165) is 9.13 Å². The molecule has 4 rings (SSSR count). The van der Waals surface area contributed by atoms with Crippen LogP contribution in [0.5, 0.6) is 0 Å². The summed E-state index contributed by atoms with van der Waals surface area (Å²) in [5, 5.41) is 12.0. The fourth-order valence-electron chi connectivity index (χ4n) is 3.58. The van der Waals surface area contributed by atoms with Crippen molar-refractivity contribution in [1.29, 1.82) is 0 Å². The average Bonchev–Trinajstić information content (AvgIpc) is 2.92. The van der Waals surface area contributed by atoms with E-state index >= 15 is 0 Å². The number of benzene rings is 3. The summed E-state index contributed by atoms with van der Waals surface area (Å²) in [6, 6.07) is 21.3. The molecule has 146 valence electrons. The van der Waals surface area contributed by atoms with Crippen LogP contribution in [0, 0.1) is 3.57 Å². The van der Waals surface area contributed by atoms with Gasteiger partial charge < -0.3 is 10.0 Å². The first-order valence-corrected chi connectivity index (χ1v) is 10.5.